The number of hydrogen-bond acceptors (Lipinski definition) is 2. The molecule has 0 aromatic rings. The lowest BCUT2D eigenvalue weighted by Crippen LogP contribution is -2.34. The molecule has 0 saturated heterocycles. The van der Waals surface area contributed by atoms with Gasteiger partial charge in [0, 0.05) is 6.61 Å². The van der Waals surface area contributed by atoms with Gasteiger partial charge in [-0.2, -0.15) is 0 Å². The van der Waals surface area contributed by atoms with Gasteiger partial charge in [0.1, 0.15) is 0 Å². The molecule has 0 radical (unpaired) electrons. The average molecular weight is 230 g/mol. The number of aliphatic hydroxyl groups is 1. The Hall–Kier alpha value is -0.570. The van der Waals surface area contributed by atoms with Crippen LogP contribution in [-0.4, -0.2) is 22.8 Å². The maximum atomic E-state index is 11.5. The lowest BCUT2D eigenvalue weighted by molar-refractivity contribution is -0.152. The fourth-order valence-corrected chi connectivity index (χ4v) is 2.55. The Morgan fingerprint density at radius 3 is 1.81 bits per heavy atom. The lowest BCUT2D eigenvalue weighted by atomic mass is 9.71. The summed E-state index contributed by atoms with van der Waals surface area (Å²) in [6.45, 7) is 8.28. The Morgan fingerprint density at radius 1 is 1.12 bits per heavy atom. The van der Waals surface area contributed by atoms with E-state index in [1.54, 1.807) is 0 Å². The smallest absolute Gasteiger partial charge is 0.309 e. The van der Waals surface area contributed by atoms with Gasteiger partial charge in [-0.05, 0) is 37.5 Å². The minimum atomic E-state index is -0.705. The summed E-state index contributed by atoms with van der Waals surface area (Å²) in [6, 6.07) is 0. The number of carbonyl (C=O) groups is 1. The molecule has 0 amide bonds. The molecule has 0 aliphatic carbocycles. The van der Waals surface area contributed by atoms with Crippen molar-refractivity contribution in [3.8, 4) is 0 Å². The molecule has 0 aliphatic heterocycles. The molecule has 0 aromatic carbocycles. The van der Waals surface area contributed by atoms with E-state index in [2.05, 4.69) is 27.7 Å². The van der Waals surface area contributed by atoms with Crippen LogP contribution in [0.3, 0.4) is 0 Å². The van der Waals surface area contributed by atoms with Gasteiger partial charge in [0.2, 0.25) is 0 Å². The molecular weight excluding hydrogens is 204 g/mol. The summed E-state index contributed by atoms with van der Waals surface area (Å²) in [7, 11) is 0. The third kappa shape index (κ3) is 4.97. The number of rotatable bonds is 8. The Balaban J connectivity index is 4.81. The van der Waals surface area contributed by atoms with Crippen molar-refractivity contribution in [2.45, 2.75) is 53.4 Å². The Bertz CT molecular complexity index is 199. The second-order valence-corrected chi connectivity index (χ2v) is 5.61. The molecule has 96 valence electrons. The van der Waals surface area contributed by atoms with Crippen molar-refractivity contribution in [2.24, 2.45) is 17.3 Å². The predicted molar refractivity (Wildman–Crippen MR) is 65.3 cm³/mol. The van der Waals surface area contributed by atoms with Crippen molar-refractivity contribution in [3.05, 3.63) is 0 Å². The first-order chi connectivity index (χ1) is 7.34. The predicted octanol–water partition coefficient (Wildman–Crippen LogP) is 2.92. The molecule has 0 unspecified atom stereocenters. The minimum absolute atomic E-state index is 0.0746. The Morgan fingerprint density at radius 2 is 1.56 bits per heavy atom. The van der Waals surface area contributed by atoms with E-state index >= 15 is 0 Å². The van der Waals surface area contributed by atoms with Crippen LogP contribution in [-0.2, 0) is 4.79 Å². The topological polar surface area (TPSA) is 57.5 Å². The van der Waals surface area contributed by atoms with E-state index < -0.39 is 11.4 Å². The zero-order chi connectivity index (χ0) is 12.8. The van der Waals surface area contributed by atoms with Crippen molar-refractivity contribution < 1.29 is 15.0 Å². The van der Waals surface area contributed by atoms with E-state index in [9.17, 15) is 9.90 Å². The van der Waals surface area contributed by atoms with Crippen molar-refractivity contribution in [1.82, 2.24) is 0 Å². The molecule has 16 heavy (non-hydrogen) atoms. The van der Waals surface area contributed by atoms with Gasteiger partial charge in [0.15, 0.2) is 0 Å². The van der Waals surface area contributed by atoms with Gasteiger partial charge in [-0.3, -0.25) is 4.79 Å². The summed E-state index contributed by atoms with van der Waals surface area (Å²) in [6.07, 6.45) is 2.54. The number of aliphatic hydroxyl groups excluding tert-OH is 1. The fourth-order valence-electron chi connectivity index (χ4n) is 2.55. The molecule has 3 heteroatoms. The fraction of sp³-hybridized carbons (Fsp3) is 0.923. The first-order valence-corrected chi connectivity index (χ1v) is 6.18. The maximum Gasteiger partial charge on any atom is 0.309 e. The number of aliphatic carboxylic acids is 1. The van der Waals surface area contributed by atoms with Crippen LogP contribution in [0.1, 0.15) is 53.4 Å². The van der Waals surface area contributed by atoms with Crippen molar-refractivity contribution in [1.29, 1.82) is 0 Å². The third-order valence-corrected chi connectivity index (χ3v) is 2.87. The third-order valence-electron chi connectivity index (χ3n) is 2.87. The first kappa shape index (κ1) is 15.4. The van der Waals surface area contributed by atoms with E-state index in [1.807, 2.05) is 0 Å². The molecule has 3 nitrogen and oxygen atoms in total. The van der Waals surface area contributed by atoms with Crippen molar-refractivity contribution in [2.75, 3.05) is 6.61 Å². The highest BCUT2D eigenvalue weighted by atomic mass is 16.4. The molecule has 0 bridgehead atoms. The molecule has 0 saturated carbocycles. The minimum Gasteiger partial charge on any atom is -0.481 e. The van der Waals surface area contributed by atoms with Gasteiger partial charge in [-0.25, -0.2) is 0 Å². The van der Waals surface area contributed by atoms with Crippen LogP contribution in [0, 0.1) is 17.3 Å². The molecule has 0 rings (SSSR count). The number of carboxylic acid groups (broad SMARTS) is 1. The van der Waals surface area contributed by atoms with Gasteiger partial charge in [0.25, 0.3) is 0 Å². The van der Waals surface area contributed by atoms with Crippen LogP contribution >= 0.6 is 0 Å². The first-order valence-electron chi connectivity index (χ1n) is 6.18. The van der Waals surface area contributed by atoms with E-state index in [4.69, 9.17) is 5.11 Å². The summed E-state index contributed by atoms with van der Waals surface area (Å²) in [5, 5.41) is 18.4. The number of carboxylic acids is 1. The zero-order valence-corrected chi connectivity index (χ0v) is 11.0. The van der Waals surface area contributed by atoms with Gasteiger partial charge in [-0.1, -0.05) is 27.7 Å². The molecule has 0 fully saturated rings. The Labute approximate surface area is 98.9 Å². The molecule has 0 spiro atoms. The second-order valence-electron chi connectivity index (χ2n) is 5.61. The molecule has 0 aliphatic rings. The van der Waals surface area contributed by atoms with Gasteiger partial charge >= 0.3 is 5.97 Å². The highest BCUT2D eigenvalue weighted by Gasteiger charge is 2.38. The van der Waals surface area contributed by atoms with Crippen molar-refractivity contribution in [3.63, 3.8) is 0 Å². The monoisotopic (exact) mass is 230 g/mol. The quantitative estimate of drug-likeness (QED) is 0.674. The van der Waals surface area contributed by atoms with Crippen LogP contribution in [0.25, 0.3) is 0 Å². The zero-order valence-electron chi connectivity index (χ0n) is 11.0. The van der Waals surface area contributed by atoms with E-state index in [1.165, 1.54) is 0 Å². The highest BCUT2D eigenvalue weighted by Crippen LogP contribution is 2.38. The summed E-state index contributed by atoms with van der Waals surface area (Å²) >= 11 is 0. The molecule has 2 N–H and O–H groups in total. The largest absolute Gasteiger partial charge is 0.481 e. The summed E-state index contributed by atoms with van der Waals surface area (Å²) in [4.78, 5) is 11.5. The SMILES string of the molecule is CC(C)CC(CCCO)(CC(C)C)C(=O)O. The van der Waals surface area contributed by atoms with Crippen LogP contribution in [0.4, 0.5) is 0 Å². The molecular formula is C13H26O3. The molecule has 0 atom stereocenters. The standard InChI is InChI=1S/C13H26O3/c1-10(2)8-13(12(15)16,6-5-7-14)9-11(3)4/h10-11,14H,5-9H2,1-4H3,(H,15,16). The average Bonchev–Trinajstić information content (AvgIpc) is 2.11. The van der Waals surface area contributed by atoms with Crippen molar-refractivity contribution >= 4 is 5.97 Å². The van der Waals surface area contributed by atoms with E-state index in [0.717, 1.165) is 0 Å². The summed E-state index contributed by atoms with van der Waals surface area (Å²) in [5.41, 5.74) is -0.648. The number of hydrogen-bond donors (Lipinski definition) is 2. The summed E-state index contributed by atoms with van der Waals surface area (Å²) < 4.78 is 0. The van der Waals surface area contributed by atoms with E-state index in [-0.39, 0.29) is 6.61 Å². The maximum absolute atomic E-state index is 11.5. The molecule has 0 aromatic heterocycles. The van der Waals surface area contributed by atoms with Gasteiger partial charge in [-0.15, -0.1) is 0 Å². The highest BCUT2D eigenvalue weighted by molar-refractivity contribution is 5.74. The van der Waals surface area contributed by atoms with Crippen LogP contribution in [0.15, 0.2) is 0 Å². The van der Waals surface area contributed by atoms with Gasteiger partial charge in [0.05, 0.1) is 5.41 Å². The van der Waals surface area contributed by atoms with Crippen LogP contribution in [0.5, 0.6) is 0 Å². The van der Waals surface area contributed by atoms with Gasteiger partial charge < -0.3 is 10.2 Å². The second kappa shape index (κ2) is 6.89. The lowest BCUT2D eigenvalue weighted by Gasteiger charge is -2.32. The van der Waals surface area contributed by atoms with Crippen LogP contribution < -0.4 is 0 Å². The summed E-state index contributed by atoms with van der Waals surface area (Å²) in [5.74, 6) is 0.0328. The normalized spacial score (nSPS) is 12.4. The molecule has 0 heterocycles. The Kier molecular flexibility index (Phi) is 6.65. The van der Waals surface area contributed by atoms with Crippen LogP contribution in [0.2, 0.25) is 0 Å². The van der Waals surface area contributed by atoms with E-state index in [0.29, 0.717) is 37.5 Å².